The van der Waals surface area contributed by atoms with Gasteiger partial charge in [0, 0.05) is 26.2 Å². The third-order valence-corrected chi connectivity index (χ3v) is 2.89. The van der Waals surface area contributed by atoms with E-state index in [0.717, 1.165) is 32.8 Å². The molecule has 1 N–H and O–H groups in total. The highest BCUT2D eigenvalue weighted by molar-refractivity contribution is 5.66. The Morgan fingerprint density at radius 1 is 1.62 bits per heavy atom. The van der Waals surface area contributed by atoms with E-state index in [9.17, 15) is 4.79 Å². The Kier molecular flexibility index (Phi) is 5.73. The van der Waals surface area contributed by atoms with E-state index in [0.29, 0.717) is 6.54 Å². The maximum atomic E-state index is 10.4. The van der Waals surface area contributed by atoms with Gasteiger partial charge in [0.25, 0.3) is 0 Å². The van der Waals surface area contributed by atoms with Crippen LogP contribution in [0.1, 0.15) is 13.3 Å². The van der Waals surface area contributed by atoms with Crippen LogP contribution >= 0.6 is 0 Å². The van der Waals surface area contributed by atoms with Crippen molar-refractivity contribution in [1.82, 2.24) is 9.80 Å². The number of likely N-dealkylation sites (N-methyl/N-ethyl adjacent to an activating group) is 2. The summed E-state index contributed by atoms with van der Waals surface area (Å²) in [6.07, 6.45) is 0.410. The van der Waals surface area contributed by atoms with Crippen molar-refractivity contribution < 1.29 is 14.6 Å². The van der Waals surface area contributed by atoms with Gasteiger partial charge in [0.2, 0.25) is 0 Å². The molecule has 5 nitrogen and oxygen atoms in total. The van der Waals surface area contributed by atoms with E-state index in [1.54, 1.807) is 0 Å². The zero-order valence-electron chi connectivity index (χ0n) is 10.2. The van der Waals surface area contributed by atoms with Crippen LogP contribution in [0, 0.1) is 0 Å². The molecular weight excluding hydrogens is 208 g/mol. The Morgan fingerprint density at radius 2 is 2.38 bits per heavy atom. The molecule has 0 aromatic heterocycles. The fraction of sp³-hybridized carbons (Fsp3) is 0.909. The Bertz CT molecular complexity index is 223. The van der Waals surface area contributed by atoms with Crippen LogP contribution in [0.4, 0.5) is 0 Å². The summed E-state index contributed by atoms with van der Waals surface area (Å²) in [5, 5.41) is 8.58. The topological polar surface area (TPSA) is 53.0 Å². The lowest BCUT2D eigenvalue weighted by atomic mass is 10.2. The molecule has 1 heterocycles. The maximum Gasteiger partial charge on any atom is 0.304 e. The Balaban J connectivity index is 2.22. The largest absolute Gasteiger partial charge is 0.481 e. The quantitative estimate of drug-likeness (QED) is 0.702. The number of carbonyl (C=O) groups is 1. The van der Waals surface area contributed by atoms with Crippen LogP contribution in [0.25, 0.3) is 0 Å². The summed E-state index contributed by atoms with van der Waals surface area (Å²) in [6.45, 7) is 7.34. The first kappa shape index (κ1) is 13.4. The Labute approximate surface area is 97.0 Å². The van der Waals surface area contributed by atoms with Crippen LogP contribution < -0.4 is 0 Å². The molecule has 16 heavy (non-hydrogen) atoms. The molecule has 1 aliphatic rings. The Hall–Kier alpha value is -0.650. The van der Waals surface area contributed by atoms with Gasteiger partial charge in [0.15, 0.2) is 0 Å². The number of carboxylic acids is 1. The molecule has 1 saturated heterocycles. The van der Waals surface area contributed by atoms with Gasteiger partial charge >= 0.3 is 5.97 Å². The number of carboxylic acid groups (broad SMARTS) is 1. The number of hydrogen-bond donors (Lipinski definition) is 1. The number of hydrogen-bond acceptors (Lipinski definition) is 4. The second kappa shape index (κ2) is 6.83. The molecule has 1 unspecified atom stereocenters. The van der Waals surface area contributed by atoms with Crippen LogP contribution in [0.3, 0.4) is 0 Å². The summed E-state index contributed by atoms with van der Waals surface area (Å²) in [5.74, 6) is -0.744. The van der Waals surface area contributed by atoms with Crippen molar-refractivity contribution >= 4 is 5.97 Å². The van der Waals surface area contributed by atoms with E-state index in [2.05, 4.69) is 11.8 Å². The van der Waals surface area contributed by atoms with Gasteiger partial charge in [-0.2, -0.15) is 0 Å². The highest BCUT2D eigenvalue weighted by Crippen LogP contribution is 2.06. The van der Waals surface area contributed by atoms with Crippen molar-refractivity contribution in [3.05, 3.63) is 0 Å². The highest BCUT2D eigenvalue weighted by Gasteiger charge is 2.20. The summed E-state index contributed by atoms with van der Waals surface area (Å²) in [7, 11) is 1.94. The van der Waals surface area contributed by atoms with E-state index in [1.807, 2.05) is 11.9 Å². The normalized spacial score (nSPS) is 22.6. The maximum absolute atomic E-state index is 10.4. The fourth-order valence-electron chi connectivity index (χ4n) is 1.90. The molecule has 1 atom stereocenters. The van der Waals surface area contributed by atoms with Crippen molar-refractivity contribution in [3.63, 3.8) is 0 Å². The first-order chi connectivity index (χ1) is 7.61. The lowest BCUT2D eigenvalue weighted by Gasteiger charge is -2.34. The minimum Gasteiger partial charge on any atom is -0.481 e. The predicted molar refractivity (Wildman–Crippen MR) is 61.6 cm³/mol. The van der Waals surface area contributed by atoms with Crippen molar-refractivity contribution in [2.24, 2.45) is 0 Å². The molecule has 5 heteroatoms. The van der Waals surface area contributed by atoms with Gasteiger partial charge in [0.05, 0.1) is 19.1 Å². The van der Waals surface area contributed by atoms with Gasteiger partial charge in [0.1, 0.15) is 0 Å². The van der Waals surface area contributed by atoms with Crippen LogP contribution in [0.15, 0.2) is 0 Å². The summed E-state index contributed by atoms with van der Waals surface area (Å²) in [5.41, 5.74) is 0. The van der Waals surface area contributed by atoms with E-state index in [1.165, 1.54) is 0 Å². The van der Waals surface area contributed by atoms with Crippen LogP contribution in [-0.4, -0.2) is 73.4 Å². The van der Waals surface area contributed by atoms with Crippen LogP contribution in [0.5, 0.6) is 0 Å². The van der Waals surface area contributed by atoms with E-state index in [-0.39, 0.29) is 12.5 Å². The molecule has 0 aliphatic carbocycles. The van der Waals surface area contributed by atoms with Gasteiger partial charge in [-0.05, 0) is 13.6 Å². The molecule has 0 spiro atoms. The molecule has 0 radical (unpaired) electrons. The molecule has 0 bridgehead atoms. The van der Waals surface area contributed by atoms with Gasteiger partial charge in [-0.3, -0.25) is 9.69 Å². The van der Waals surface area contributed by atoms with Crippen molar-refractivity contribution in [2.45, 2.75) is 19.4 Å². The average Bonchev–Trinajstić information content (AvgIpc) is 2.26. The zero-order valence-corrected chi connectivity index (χ0v) is 10.2. The minimum atomic E-state index is -0.744. The van der Waals surface area contributed by atoms with Crippen LogP contribution in [0.2, 0.25) is 0 Å². The molecule has 1 fully saturated rings. The number of aliphatic carboxylic acids is 1. The number of ether oxygens (including phenoxy) is 1. The standard InChI is InChI=1S/C11H22N2O3/c1-3-13-6-7-16-10(9-13)8-12(2)5-4-11(14)15/h10H,3-9H2,1-2H3,(H,14,15). The Morgan fingerprint density at radius 3 is 3.00 bits per heavy atom. The van der Waals surface area contributed by atoms with Gasteiger partial charge < -0.3 is 14.7 Å². The smallest absolute Gasteiger partial charge is 0.304 e. The molecule has 0 amide bonds. The molecule has 0 saturated carbocycles. The first-order valence-corrected chi connectivity index (χ1v) is 5.86. The molecule has 0 aromatic carbocycles. The third kappa shape index (κ3) is 4.92. The summed E-state index contributed by atoms with van der Waals surface area (Å²) in [6, 6.07) is 0. The fourth-order valence-corrected chi connectivity index (χ4v) is 1.90. The van der Waals surface area contributed by atoms with E-state index < -0.39 is 5.97 Å². The van der Waals surface area contributed by atoms with Crippen molar-refractivity contribution in [3.8, 4) is 0 Å². The second-order valence-electron chi connectivity index (χ2n) is 4.29. The van der Waals surface area contributed by atoms with Gasteiger partial charge in [-0.1, -0.05) is 6.92 Å². The molecular formula is C11H22N2O3. The first-order valence-electron chi connectivity index (χ1n) is 5.86. The molecule has 1 aliphatic heterocycles. The zero-order chi connectivity index (χ0) is 12.0. The van der Waals surface area contributed by atoms with E-state index in [4.69, 9.17) is 9.84 Å². The van der Waals surface area contributed by atoms with Gasteiger partial charge in [-0.25, -0.2) is 0 Å². The number of rotatable bonds is 6. The SMILES string of the molecule is CCN1CCOC(CN(C)CCC(=O)O)C1. The van der Waals surface area contributed by atoms with Gasteiger partial charge in [-0.15, -0.1) is 0 Å². The highest BCUT2D eigenvalue weighted by atomic mass is 16.5. The summed E-state index contributed by atoms with van der Waals surface area (Å²) < 4.78 is 5.66. The lowest BCUT2D eigenvalue weighted by Crippen LogP contribution is -2.47. The minimum absolute atomic E-state index is 0.195. The lowest BCUT2D eigenvalue weighted by molar-refractivity contribution is -0.137. The predicted octanol–water partition coefficient (Wildman–Crippen LogP) is 0.114. The van der Waals surface area contributed by atoms with Crippen LogP contribution in [-0.2, 0) is 9.53 Å². The van der Waals surface area contributed by atoms with E-state index >= 15 is 0 Å². The third-order valence-electron chi connectivity index (χ3n) is 2.89. The second-order valence-corrected chi connectivity index (χ2v) is 4.29. The van der Waals surface area contributed by atoms with Crippen molar-refractivity contribution in [1.29, 1.82) is 0 Å². The molecule has 0 aromatic rings. The average molecular weight is 230 g/mol. The molecule has 1 rings (SSSR count). The molecule has 94 valence electrons. The number of nitrogens with zero attached hydrogens (tertiary/aromatic N) is 2. The summed E-state index contributed by atoms with van der Waals surface area (Å²) >= 11 is 0. The van der Waals surface area contributed by atoms with Crippen molar-refractivity contribution in [2.75, 3.05) is 46.4 Å². The number of morpholine rings is 1. The summed E-state index contributed by atoms with van der Waals surface area (Å²) in [4.78, 5) is 14.8. The monoisotopic (exact) mass is 230 g/mol.